The number of benzene rings is 1. The first-order valence-electron chi connectivity index (χ1n) is 9.28. The maximum atomic E-state index is 10.4. The third-order valence-corrected chi connectivity index (χ3v) is 5.28. The largest absolute Gasteiger partial charge is 0.390 e. The Kier molecular flexibility index (Phi) is 4.83. The van der Waals surface area contributed by atoms with Gasteiger partial charge < -0.3 is 10.4 Å². The Balaban J connectivity index is 1.24. The van der Waals surface area contributed by atoms with Gasteiger partial charge in [-0.05, 0) is 30.9 Å². The quantitative estimate of drug-likeness (QED) is 0.846. The van der Waals surface area contributed by atoms with E-state index in [-0.39, 0.29) is 6.10 Å². The second-order valence-corrected chi connectivity index (χ2v) is 7.31. The molecule has 6 nitrogen and oxygen atoms in total. The molecule has 3 heterocycles. The van der Waals surface area contributed by atoms with E-state index in [0.717, 1.165) is 57.1 Å². The minimum Gasteiger partial charge on any atom is -0.390 e. The molecule has 0 amide bonds. The number of nitrogens with zero attached hydrogens (tertiary/aromatic N) is 4. The fourth-order valence-corrected chi connectivity index (χ4v) is 3.98. The third kappa shape index (κ3) is 3.92. The number of aliphatic hydroxyl groups excluding tert-OH is 1. The van der Waals surface area contributed by atoms with E-state index in [1.54, 1.807) is 0 Å². The number of nitrogens with one attached hydrogen (secondary N) is 1. The molecule has 1 aromatic carbocycles. The van der Waals surface area contributed by atoms with Gasteiger partial charge in [-0.3, -0.25) is 4.90 Å². The van der Waals surface area contributed by atoms with Crippen molar-refractivity contribution in [2.45, 2.75) is 51.4 Å². The average molecular weight is 341 g/mol. The zero-order chi connectivity index (χ0) is 17.2. The van der Waals surface area contributed by atoms with Crippen molar-refractivity contribution in [2.75, 3.05) is 19.6 Å². The number of aliphatic hydroxyl groups is 1. The van der Waals surface area contributed by atoms with Crippen molar-refractivity contribution in [3.05, 3.63) is 47.0 Å². The number of hydrogen-bond donors (Lipinski definition) is 2. The maximum Gasteiger partial charge on any atom is 0.147 e. The Bertz CT molecular complexity index is 728. The highest BCUT2D eigenvalue weighted by molar-refractivity contribution is 5.29. The molecule has 1 aromatic heterocycles. The maximum absolute atomic E-state index is 10.4. The molecule has 6 heteroatoms. The van der Waals surface area contributed by atoms with Gasteiger partial charge in [0.25, 0.3) is 0 Å². The second kappa shape index (κ2) is 7.23. The number of aromatic nitrogens is 3. The van der Waals surface area contributed by atoms with Crippen LogP contribution in [-0.4, -0.2) is 56.6 Å². The normalized spacial score (nSPS) is 21.6. The van der Waals surface area contributed by atoms with Crippen molar-refractivity contribution in [1.82, 2.24) is 25.0 Å². The number of aryl methyl sites for hydroxylation is 2. The van der Waals surface area contributed by atoms with Crippen molar-refractivity contribution in [2.24, 2.45) is 0 Å². The van der Waals surface area contributed by atoms with Crippen LogP contribution in [0.3, 0.4) is 0 Å². The highest BCUT2D eigenvalue weighted by Gasteiger charge is 2.22. The van der Waals surface area contributed by atoms with Crippen molar-refractivity contribution >= 4 is 0 Å². The molecule has 0 saturated heterocycles. The Labute approximate surface area is 148 Å². The number of hydrogen-bond acceptors (Lipinski definition) is 5. The fraction of sp³-hybridized carbons (Fsp3) is 0.579. The molecule has 2 aromatic rings. The van der Waals surface area contributed by atoms with Gasteiger partial charge in [0, 0.05) is 38.6 Å². The molecule has 0 spiro atoms. The Hall–Kier alpha value is -1.76. The van der Waals surface area contributed by atoms with E-state index in [4.69, 9.17) is 0 Å². The summed E-state index contributed by atoms with van der Waals surface area (Å²) in [6, 6.07) is 8.99. The predicted octanol–water partition coefficient (Wildman–Crippen LogP) is 0.910. The molecule has 134 valence electrons. The van der Waals surface area contributed by atoms with Gasteiger partial charge in [0.1, 0.15) is 11.6 Å². The lowest BCUT2D eigenvalue weighted by Gasteiger charge is -2.31. The summed E-state index contributed by atoms with van der Waals surface area (Å²) in [5.74, 6) is 1.93. The molecule has 25 heavy (non-hydrogen) atoms. The van der Waals surface area contributed by atoms with Gasteiger partial charge in [0.2, 0.25) is 0 Å². The van der Waals surface area contributed by atoms with Crippen LogP contribution in [0.4, 0.5) is 0 Å². The smallest absolute Gasteiger partial charge is 0.147 e. The fourth-order valence-electron chi connectivity index (χ4n) is 3.98. The Morgan fingerprint density at radius 2 is 2.12 bits per heavy atom. The zero-order valence-corrected chi connectivity index (χ0v) is 14.9. The van der Waals surface area contributed by atoms with Crippen molar-refractivity contribution in [3.63, 3.8) is 0 Å². The van der Waals surface area contributed by atoms with Crippen molar-refractivity contribution < 1.29 is 5.11 Å². The average Bonchev–Trinajstić information content (AvgIpc) is 2.99. The molecular formula is C19H27N5O. The van der Waals surface area contributed by atoms with E-state index in [9.17, 15) is 5.11 Å². The molecule has 0 radical (unpaired) electrons. The molecule has 0 saturated carbocycles. The topological polar surface area (TPSA) is 66.2 Å². The minimum atomic E-state index is -0.343. The van der Waals surface area contributed by atoms with E-state index in [1.165, 1.54) is 11.1 Å². The molecule has 2 aliphatic rings. The lowest BCUT2D eigenvalue weighted by Crippen LogP contribution is -2.45. The third-order valence-electron chi connectivity index (χ3n) is 5.28. The molecule has 0 bridgehead atoms. The number of rotatable bonds is 5. The summed E-state index contributed by atoms with van der Waals surface area (Å²) in [6.07, 6.45) is 2.75. The molecule has 2 atom stereocenters. The van der Waals surface area contributed by atoms with Crippen molar-refractivity contribution in [3.8, 4) is 0 Å². The molecule has 0 aliphatic carbocycles. The molecule has 2 N–H and O–H groups in total. The van der Waals surface area contributed by atoms with Gasteiger partial charge in [-0.2, -0.15) is 5.10 Å². The summed E-state index contributed by atoms with van der Waals surface area (Å²) >= 11 is 0. The molecule has 2 aliphatic heterocycles. The van der Waals surface area contributed by atoms with Gasteiger partial charge in [-0.15, -0.1) is 0 Å². The van der Waals surface area contributed by atoms with Gasteiger partial charge in [-0.1, -0.05) is 24.3 Å². The molecule has 4 rings (SSSR count). The molecule has 0 unspecified atom stereocenters. The van der Waals surface area contributed by atoms with Crippen LogP contribution in [0.5, 0.6) is 0 Å². The number of β-amino-alcohol motifs (C(OH)–C–C–N with tert-alkyl or cyclic N) is 1. The van der Waals surface area contributed by atoms with Crippen LogP contribution in [0.15, 0.2) is 24.3 Å². The van der Waals surface area contributed by atoms with Crippen LogP contribution in [-0.2, 0) is 25.9 Å². The highest BCUT2D eigenvalue weighted by Crippen LogP contribution is 2.18. The molecular weight excluding hydrogens is 314 g/mol. The van der Waals surface area contributed by atoms with E-state index in [1.807, 2.05) is 11.6 Å². The summed E-state index contributed by atoms with van der Waals surface area (Å²) in [4.78, 5) is 6.80. The lowest BCUT2D eigenvalue weighted by molar-refractivity contribution is 0.1000. The second-order valence-electron chi connectivity index (χ2n) is 7.31. The van der Waals surface area contributed by atoms with E-state index >= 15 is 0 Å². The Morgan fingerprint density at radius 3 is 3.00 bits per heavy atom. The predicted molar refractivity (Wildman–Crippen MR) is 96.3 cm³/mol. The highest BCUT2D eigenvalue weighted by atomic mass is 16.3. The van der Waals surface area contributed by atoms with Gasteiger partial charge >= 0.3 is 0 Å². The first-order chi connectivity index (χ1) is 12.2. The van der Waals surface area contributed by atoms with Crippen LogP contribution >= 0.6 is 0 Å². The van der Waals surface area contributed by atoms with Gasteiger partial charge in [0.05, 0.1) is 12.6 Å². The van der Waals surface area contributed by atoms with Crippen LogP contribution in [0, 0.1) is 6.92 Å². The van der Waals surface area contributed by atoms with Crippen LogP contribution in [0.2, 0.25) is 0 Å². The summed E-state index contributed by atoms with van der Waals surface area (Å²) in [5, 5.41) is 18.4. The van der Waals surface area contributed by atoms with E-state index < -0.39 is 0 Å². The summed E-state index contributed by atoms with van der Waals surface area (Å²) < 4.78 is 2.00. The first-order valence-corrected chi connectivity index (χ1v) is 9.28. The minimum absolute atomic E-state index is 0.343. The summed E-state index contributed by atoms with van der Waals surface area (Å²) in [6.45, 7) is 6.11. The first kappa shape index (κ1) is 16.7. The lowest BCUT2D eigenvalue weighted by atomic mass is 10.00. The van der Waals surface area contributed by atoms with E-state index in [0.29, 0.717) is 12.6 Å². The molecule has 0 fully saturated rings. The zero-order valence-electron chi connectivity index (χ0n) is 14.9. The summed E-state index contributed by atoms with van der Waals surface area (Å²) in [5.41, 5.74) is 2.85. The van der Waals surface area contributed by atoms with Gasteiger partial charge in [-0.25, -0.2) is 9.67 Å². The summed E-state index contributed by atoms with van der Waals surface area (Å²) in [7, 11) is 0. The Morgan fingerprint density at radius 1 is 1.28 bits per heavy atom. The van der Waals surface area contributed by atoms with Crippen LogP contribution in [0.1, 0.15) is 29.2 Å². The SMILES string of the molecule is Cc1nc2n(n1)C[C@@H](NC[C@@H](O)CN1CCc3ccccc3C1)CC2. The van der Waals surface area contributed by atoms with Crippen LogP contribution in [0.25, 0.3) is 0 Å². The van der Waals surface area contributed by atoms with Gasteiger partial charge in [0.15, 0.2) is 0 Å². The van der Waals surface area contributed by atoms with Crippen LogP contribution < -0.4 is 5.32 Å². The monoisotopic (exact) mass is 341 g/mol. The number of fused-ring (bicyclic) bond motifs is 2. The van der Waals surface area contributed by atoms with Crippen molar-refractivity contribution in [1.29, 1.82) is 0 Å². The standard InChI is InChI=1S/C19H27N5O/c1-14-21-19-7-6-17(12-24(19)22-14)20-10-18(25)13-23-9-8-15-4-2-3-5-16(15)11-23/h2-5,17-18,20,25H,6-13H2,1H3/t17-,18+/m0/s1. The van der Waals surface area contributed by atoms with E-state index in [2.05, 4.69) is 44.6 Å².